The molecule has 0 unspecified atom stereocenters. The Morgan fingerprint density at radius 3 is 2.88 bits per heavy atom. The van der Waals surface area contributed by atoms with E-state index in [1.165, 1.54) is 11.1 Å². The Balaban J connectivity index is 2.08. The van der Waals surface area contributed by atoms with Crippen molar-refractivity contribution >= 4 is 0 Å². The van der Waals surface area contributed by atoms with Crippen molar-refractivity contribution in [1.82, 2.24) is 4.98 Å². The first kappa shape index (κ1) is 9.52. The van der Waals surface area contributed by atoms with Crippen LogP contribution in [0.4, 0.5) is 4.39 Å². The summed E-state index contributed by atoms with van der Waals surface area (Å²) in [5.74, 6) is -0.141. The lowest BCUT2D eigenvalue weighted by Crippen LogP contribution is -1.94. The van der Waals surface area contributed by atoms with E-state index in [0.717, 1.165) is 30.5 Å². The SMILES string of the molecule is Fc1ccc2c(c1)CCc1ncccc1C2. The number of aryl methyl sites for hydroxylation is 2. The first-order valence-corrected chi connectivity index (χ1v) is 5.53. The molecule has 16 heavy (non-hydrogen) atoms. The molecule has 0 saturated carbocycles. The van der Waals surface area contributed by atoms with Gasteiger partial charge in [0.05, 0.1) is 0 Å². The minimum atomic E-state index is -0.141. The summed E-state index contributed by atoms with van der Waals surface area (Å²) in [5, 5.41) is 0. The first-order valence-electron chi connectivity index (χ1n) is 5.53. The molecule has 0 aliphatic heterocycles. The average molecular weight is 213 g/mol. The molecule has 0 bridgehead atoms. The Hall–Kier alpha value is -1.70. The highest BCUT2D eigenvalue weighted by Crippen LogP contribution is 2.23. The number of aromatic nitrogens is 1. The molecular formula is C14H12FN. The van der Waals surface area contributed by atoms with E-state index in [9.17, 15) is 4.39 Å². The molecule has 0 N–H and O–H groups in total. The maximum atomic E-state index is 13.1. The number of hydrogen-bond acceptors (Lipinski definition) is 1. The molecule has 1 aromatic heterocycles. The number of halogens is 1. The minimum Gasteiger partial charge on any atom is -0.261 e. The van der Waals surface area contributed by atoms with E-state index < -0.39 is 0 Å². The monoisotopic (exact) mass is 213 g/mol. The second-order valence-electron chi connectivity index (χ2n) is 4.20. The molecule has 0 radical (unpaired) electrons. The van der Waals surface area contributed by atoms with Crippen LogP contribution in [-0.4, -0.2) is 4.98 Å². The fourth-order valence-electron chi connectivity index (χ4n) is 2.32. The van der Waals surface area contributed by atoms with Crippen molar-refractivity contribution in [2.24, 2.45) is 0 Å². The van der Waals surface area contributed by atoms with Gasteiger partial charge in [-0.3, -0.25) is 4.98 Å². The van der Waals surface area contributed by atoms with Gasteiger partial charge in [0.15, 0.2) is 0 Å². The first-order chi connectivity index (χ1) is 7.83. The maximum Gasteiger partial charge on any atom is 0.123 e. The number of nitrogens with zero attached hydrogens (tertiary/aromatic N) is 1. The van der Waals surface area contributed by atoms with Gasteiger partial charge in [0.25, 0.3) is 0 Å². The van der Waals surface area contributed by atoms with E-state index in [4.69, 9.17) is 0 Å². The van der Waals surface area contributed by atoms with Gasteiger partial charge in [-0.2, -0.15) is 0 Å². The quantitative estimate of drug-likeness (QED) is 0.655. The predicted molar refractivity (Wildman–Crippen MR) is 60.9 cm³/mol. The van der Waals surface area contributed by atoms with Crippen LogP contribution in [0.5, 0.6) is 0 Å². The molecule has 3 rings (SSSR count). The molecule has 0 spiro atoms. The van der Waals surface area contributed by atoms with Crippen LogP contribution in [0, 0.1) is 5.82 Å². The van der Waals surface area contributed by atoms with Crippen LogP contribution < -0.4 is 0 Å². The average Bonchev–Trinajstić information content (AvgIpc) is 2.48. The third kappa shape index (κ3) is 1.60. The number of benzene rings is 1. The molecule has 2 heteroatoms. The Morgan fingerprint density at radius 1 is 1.00 bits per heavy atom. The Labute approximate surface area is 94.0 Å². The van der Waals surface area contributed by atoms with Crippen LogP contribution in [0.2, 0.25) is 0 Å². The maximum absolute atomic E-state index is 13.1. The summed E-state index contributed by atoms with van der Waals surface area (Å²) in [4.78, 5) is 4.39. The summed E-state index contributed by atoms with van der Waals surface area (Å²) in [6.45, 7) is 0. The molecule has 80 valence electrons. The van der Waals surface area contributed by atoms with Crippen molar-refractivity contribution in [1.29, 1.82) is 0 Å². The largest absolute Gasteiger partial charge is 0.261 e. The van der Waals surface area contributed by atoms with E-state index >= 15 is 0 Å². The second-order valence-corrected chi connectivity index (χ2v) is 4.20. The normalized spacial score (nSPS) is 13.8. The minimum absolute atomic E-state index is 0.141. The van der Waals surface area contributed by atoms with Gasteiger partial charge in [0.2, 0.25) is 0 Å². The van der Waals surface area contributed by atoms with Gasteiger partial charge in [-0.15, -0.1) is 0 Å². The summed E-state index contributed by atoms with van der Waals surface area (Å²) in [6, 6.07) is 9.17. The van der Waals surface area contributed by atoms with Gasteiger partial charge >= 0.3 is 0 Å². The summed E-state index contributed by atoms with van der Waals surface area (Å²) in [5.41, 5.74) is 4.78. The standard InChI is InChI=1S/C14H12FN/c15-13-5-3-10-8-12-2-1-7-16-14(12)6-4-11(10)9-13/h1-3,5,7,9H,4,6,8H2. The van der Waals surface area contributed by atoms with Gasteiger partial charge in [0, 0.05) is 11.9 Å². The van der Waals surface area contributed by atoms with Crippen LogP contribution in [0.3, 0.4) is 0 Å². The fourth-order valence-corrected chi connectivity index (χ4v) is 2.32. The van der Waals surface area contributed by atoms with E-state index in [2.05, 4.69) is 11.1 Å². The molecule has 0 atom stereocenters. The Bertz CT molecular complexity index is 534. The molecule has 1 aliphatic carbocycles. The van der Waals surface area contributed by atoms with Gasteiger partial charge in [-0.25, -0.2) is 4.39 Å². The third-order valence-corrected chi connectivity index (χ3v) is 3.16. The number of rotatable bonds is 0. The summed E-state index contributed by atoms with van der Waals surface area (Å²) >= 11 is 0. The predicted octanol–water partition coefficient (Wildman–Crippen LogP) is 2.91. The van der Waals surface area contributed by atoms with E-state index in [-0.39, 0.29) is 5.82 Å². The van der Waals surface area contributed by atoms with Gasteiger partial charge in [0.1, 0.15) is 5.82 Å². The lowest BCUT2D eigenvalue weighted by molar-refractivity contribution is 0.624. The van der Waals surface area contributed by atoms with Gasteiger partial charge in [-0.05, 0) is 54.2 Å². The Kier molecular flexibility index (Phi) is 2.21. The molecule has 1 aromatic carbocycles. The van der Waals surface area contributed by atoms with E-state index in [1.807, 2.05) is 18.3 Å². The number of fused-ring (bicyclic) bond motifs is 2. The van der Waals surface area contributed by atoms with Gasteiger partial charge in [-0.1, -0.05) is 12.1 Å². The highest BCUT2D eigenvalue weighted by atomic mass is 19.1. The van der Waals surface area contributed by atoms with Crippen molar-refractivity contribution < 1.29 is 4.39 Å². The van der Waals surface area contributed by atoms with Crippen molar-refractivity contribution in [3.8, 4) is 0 Å². The smallest absolute Gasteiger partial charge is 0.123 e. The van der Waals surface area contributed by atoms with Crippen molar-refractivity contribution in [3.05, 3.63) is 64.7 Å². The van der Waals surface area contributed by atoms with Crippen molar-refractivity contribution in [2.45, 2.75) is 19.3 Å². The van der Waals surface area contributed by atoms with Gasteiger partial charge < -0.3 is 0 Å². The zero-order chi connectivity index (χ0) is 11.0. The van der Waals surface area contributed by atoms with Crippen LogP contribution in [0.25, 0.3) is 0 Å². The highest BCUT2D eigenvalue weighted by Gasteiger charge is 2.13. The molecule has 1 aliphatic rings. The molecule has 2 aromatic rings. The molecule has 0 fully saturated rings. The van der Waals surface area contributed by atoms with Crippen LogP contribution >= 0.6 is 0 Å². The lowest BCUT2D eigenvalue weighted by atomic mass is 10.0. The van der Waals surface area contributed by atoms with Crippen molar-refractivity contribution in [3.63, 3.8) is 0 Å². The van der Waals surface area contributed by atoms with Crippen LogP contribution in [0.1, 0.15) is 22.4 Å². The molecule has 0 amide bonds. The zero-order valence-corrected chi connectivity index (χ0v) is 8.91. The zero-order valence-electron chi connectivity index (χ0n) is 8.91. The summed E-state index contributed by atoms with van der Waals surface area (Å²) in [6.07, 6.45) is 4.50. The second kappa shape index (κ2) is 3.71. The fraction of sp³-hybridized carbons (Fsp3) is 0.214. The summed E-state index contributed by atoms with van der Waals surface area (Å²) < 4.78 is 13.1. The lowest BCUT2D eigenvalue weighted by Gasteiger charge is -2.05. The van der Waals surface area contributed by atoms with E-state index in [1.54, 1.807) is 12.1 Å². The Morgan fingerprint density at radius 2 is 1.94 bits per heavy atom. The molecule has 1 nitrogen and oxygen atoms in total. The molecular weight excluding hydrogens is 201 g/mol. The molecule has 1 heterocycles. The number of hydrogen-bond donors (Lipinski definition) is 0. The third-order valence-electron chi connectivity index (χ3n) is 3.16. The number of pyridine rings is 1. The summed E-state index contributed by atoms with van der Waals surface area (Å²) in [7, 11) is 0. The van der Waals surface area contributed by atoms with Crippen LogP contribution in [0.15, 0.2) is 36.5 Å². The van der Waals surface area contributed by atoms with E-state index in [0.29, 0.717) is 0 Å². The highest BCUT2D eigenvalue weighted by molar-refractivity contribution is 5.37. The van der Waals surface area contributed by atoms with Crippen molar-refractivity contribution in [2.75, 3.05) is 0 Å². The molecule has 0 saturated heterocycles. The van der Waals surface area contributed by atoms with Crippen LogP contribution in [-0.2, 0) is 19.3 Å². The topological polar surface area (TPSA) is 12.9 Å².